The predicted molar refractivity (Wildman–Crippen MR) is 101 cm³/mol. The first kappa shape index (κ1) is 20.1. The Hall–Kier alpha value is -2.64. The van der Waals surface area contributed by atoms with E-state index in [1.807, 2.05) is 0 Å². The maximum atomic E-state index is 13.6. The van der Waals surface area contributed by atoms with E-state index in [2.05, 4.69) is 0 Å². The summed E-state index contributed by atoms with van der Waals surface area (Å²) in [6.45, 7) is 1.77. The summed E-state index contributed by atoms with van der Waals surface area (Å²) in [6, 6.07) is 13.6. The number of nitrogens with zero attached hydrogens (tertiary/aromatic N) is 1. The highest BCUT2D eigenvalue weighted by Crippen LogP contribution is 2.17. The molecule has 28 heavy (non-hydrogen) atoms. The first-order valence-electron chi connectivity index (χ1n) is 9.13. The molecule has 1 aliphatic heterocycles. The number of ether oxygens (including phenoxy) is 4. The number of hydrogen-bond donors (Lipinski definition) is 0. The third-order valence-corrected chi connectivity index (χ3v) is 4.43. The molecule has 1 aliphatic rings. The SMILES string of the molecule is COc1ccc(OCC(=O)N2CCOC(COCc3ccccc3F)C2)cc1. The molecule has 0 N–H and O–H groups in total. The summed E-state index contributed by atoms with van der Waals surface area (Å²) in [7, 11) is 1.59. The van der Waals surface area contributed by atoms with E-state index in [-0.39, 0.29) is 37.6 Å². The minimum atomic E-state index is -0.292. The van der Waals surface area contributed by atoms with Crippen LogP contribution < -0.4 is 9.47 Å². The number of rotatable bonds is 8. The normalized spacial score (nSPS) is 16.6. The Balaban J connectivity index is 1.41. The van der Waals surface area contributed by atoms with Gasteiger partial charge in [-0.05, 0) is 30.3 Å². The monoisotopic (exact) mass is 389 g/mol. The minimum Gasteiger partial charge on any atom is -0.497 e. The number of morpholine rings is 1. The van der Waals surface area contributed by atoms with Crippen molar-refractivity contribution >= 4 is 5.91 Å². The molecule has 0 spiro atoms. The average Bonchev–Trinajstić information content (AvgIpc) is 2.74. The van der Waals surface area contributed by atoms with Gasteiger partial charge in [0.15, 0.2) is 6.61 Å². The molecule has 0 aromatic heterocycles. The lowest BCUT2D eigenvalue weighted by Gasteiger charge is -2.32. The van der Waals surface area contributed by atoms with E-state index in [0.29, 0.717) is 31.0 Å². The Bertz CT molecular complexity index is 768. The van der Waals surface area contributed by atoms with Gasteiger partial charge in [0.2, 0.25) is 0 Å². The summed E-state index contributed by atoms with van der Waals surface area (Å²) in [6.07, 6.45) is -0.245. The largest absolute Gasteiger partial charge is 0.497 e. The number of halogens is 1. The van der Waals surface area contributed by atoms with Gasteiger partial charge in [-0.25, -0.2) is 4.39 Å². The van der Waals surface area contributed by atoms with Crippen molar-refractivity contribution in [3.63, 3.8) is 0 Å². The minimum absolute atomic E-state index is 0.0465. The van der Waals surface area contributed by atoms with E-state index in [9.17, 15) is 9.18 Å². The van der Waals surface area contributed by atoms with Crippen LogP contribution in [0.15, 0.2) is 48.5 Å². The van der Waals surface area contributed by atoms with Crippen LogP contribution in [0, 0.1) is 5.82 Å². The van der Waals surface area contributed by atoms with E-state index in [1.165, 1.54) is 6.07 Å². The molecule has 1 atom stereocenters. The highest BCUT2D eigenvalue weighted by molar-refractivity contribution is 5.77. The van der Waals surface area contributed by atoms with Crippen molar-refractivity contribution in [2.24, 2.45) is 0 Å². The zero-order valence-corrected chi connectivity index (χ0v) is 15.8. The second kappa shape index (κ2) is 10.1. The molecule has 1 heterocycles. The third kappa shape index (κ3) is 5.68. The van der Waals surface area contributed by atoms with Crippen LogP contribution >= 0.6 is 0 Å². The van der Waals surface area contributed by atoms with Crippen LogP contribution in [0.1, 0.15) is 5.56 Å². The molecule has 2 aromatic rings. The number of methoxy groups -OCH3 is 1. The van der Waals surface area contributed by atoms with Crippen molar-refractivity contribution in [2.45, 2.75) is 12.7 Å². The van der Waals surface area contributed by atoms with Crippen molar-refractivity contribution in [1.82, 2.24) is 4.90 Å². The molecule has 0 radical (unpaired) electrons. The smallest absolute Gasteiger partial charge is 0.260 e. The third-order valence-electron chi connectivity index (χ3n) is 4.43. The lowest BCUT2D eigenvalue weighted by Crippen LogP contribution is -2.48. The fourth-order valence-electron chi connectivity index (χ4n) is 2.87. The lowest BCUT2D eigenvalue weighted by molar-refractivity contribution is -0.143. The van der Waals surface area contributed by atoms with Gasteiger partial charge in [0.25, 0.3) is 5.91 Å². The summed E-state index contributed by atoms with van der Waals surface area (Å²) in [4.78, 5) is 14.1. The summed E-state index contributed by atoms with van der Waals surface area (Å²) in [5.74, 6) is 0.926. The molecular formula is C21H24FNO5. The van der Waals surface area contributed by atoms with Gasteiger partial charge in [-0.2, -0.15) is 0 Å². The van der Waals surface area contributed by atoms with E-state index in [4.69, 9.17) is 18.9 Å². The zero-order chi connectivity index (χ0) is 19.8. The van der Waals surface area contributed by atoms with Crippen molar-refractivity contribution in [1.29, 1.82) is 0 Å². The molecule has 150 valence electrons. The molecule has 2 aromatic carbocycles. The van der Waals surface area contributed by atoms with Gasteiger partial charge < -0.3 is 23.8 Å². The summed E-state index contributed by atoms with van der Waals surface area (Å²) < 4.78 is 35.5. The Morgan fingerprint density at radius 1 is 1.18 bits per heavy atom. The van der Waals surface area contributed by atoms with Crippen LogP contribution in [0.5, 0.6) is 11.5 Å². The fourth-order valence-corrected chi connectivity index (χ4v) is 2.87. The molecule has 0 saturated carbocycles. The molecule has 3 rings (SSSR count). The molecule has 0 bridgehead atoms. The molecule has 1 unspecified atom stereocenters. The first-order chi connectivity index (χ1) is 13.7. The van der Waals surface area contributed by atoms with E-state index >= 15 is 0 Å². The molecule has 0 aliphatic carbocycles. The van der Waals surface area contributed by atoms with Gasteiger partial charge in [-0.3, -0.25) is 4.79 Å². The van der Waals surface area contributed by atoms with Crippen LogP contribution in [0.25, 0.3) is 0 Å². The molecule has 1 fully saturated rings. The second-order valence-electron chi connectivity index (χ2n) is 6.40. The van der Waals surface area contributed by atoms with Crippen molar-refractivity contribution in [2.75, 3.05) is 40.0 Å². The Morgan fingerprint density at radius 3 is 2.68 bits per heavy atom. The topological polar surface area (TPSA) is 57.2 Å². The maximum absolute atomic E-state index is 13.6. The number of amides is 1. The highest BCUT2D eigenvalue weighted by Gasteiger charge is 2.24. The average molecular weight is 389 g/mol. The van der Waals surface area contributed by atoms with Gasteiger partial charge in [0, 0.05) is 18.7 Å². The number of carbonyl (C=O) groups excluding carboxylic acids is 1. The van der Waals surface area contributed by atoms with Crippen LogP contribution in [0.4, 0.5) is 4.39 Å². The van der Waals surface area contributed by atoms with Crippen molar-refractivity contribution in [3.05, 3.63) is 59.9 Å². The molecular weight excluding hydrogens is 365 g/mol. The lowest BCUT2D eigenvalue weighted by atomic mass is 10.2. The number of carbonyl (C=O) groups is 1. The first-order valence-corrected chi connectivity index (χ1v) is 9.13. The van der Waals surface area contributed by atoms with Gasteiger partial charge in [-0.15, -0.1) is 0 Å². The van der Waals surface area contributed by atoms with Gasteiger partial charge in [0.05, 0.1) is 33.0 Å². The second-order valence-corrected chi connectivity index (χ2v) is 6.40. The molecule has 6 nitrogen and oxygen atoms in total. The number of benzene rings is 2. The summed E-state index contributed by atoms with van der Waals surface area (Å²) >= 11 is 0. The van der Waals surface area contributed by atoms with Crippen LogP contribution in [0.2, 0.25) is 0 Å². The Labute approximate surface area is 163 Å². The highest BCUT2D eigenvalue weighted by atomic mass is 19.1. The van der Waals surface area contributed by atoms with Crippen LogP contribution in [-0.2, 0) is 20.9 Å². The summed E-state index contributed by atoms with van der Waals surface area (Å²) in [5, 5.41) is 0. The Kier molecular flexibility index (Phi) is 7.22. The van der Waals surface area contributed by atoms with Gasteiger partial charge in [-0.1, -0.05) is 18.2 Å². The predicted octanol–water partition coefficient (Wildman–Crippen LogP) is 2.66. The fraction of sp³-hybridized carbons (Fsp3) is 0.381. The Morgan fingerprint density at radius 2 is 1.93 bits per heavy atom. The molecule has 1 saturated heterocycles. The van der Waals surface area contributed by atoms with Gasteiger partial charge >= 0.3 is 0 Å². The van der Waals surface area contributed by atoms with E-state index < -0.39 is 0 Å². The standard InChI is InChI=1S/C21H24FNO5/c1-25-17-6-8-18(9-7-17)28-15-21(24)23-10-11-27-19(12-23)14-26-13-16-4-2-3-5-20(16)22/h2-9,19H,10-15H2,1H3. The molecule has 7 heteroatoms. The summed E-state index contributed by atoms with van der Waals surface area (Å²) in [5.41, 5.74) is 0.499. The van der Waals surface area contributed by atoms with Crippen molar-refractivity contribution in [3.8, 4) is 11.5 Å². The number of hydrogen-bond acceptors (Lipinski definition) is 5. The van der Waals surface area contributed by atoms with Crippen LogP contribution in [-0.4, -0.2) is 56.9 Å². The van der Waals surface area contributed by atoms with Crippen LogP contribution in [0.3, 0.4) is 0 Å². The molecule has 1 amide bonds. The quantitative estimate of drug-likeness (QED) is 0.695. The van der Waals surface area contributed by atoms with E-state index in [1.54, 1.807) is 54.5 Å². The van der Waals surface area contributed by atoms with E-state index in [0.717, 1.165) is 5.75 Å². The van der Waals surface area contributed by atoms with Crippen molar-refractivity contribution < 1.29 is 28.1 Å². The zero-order valence-electron chi connectivity index (χ0n) is 15.8. The van der Waals surface area contributed by atoms with Gasteiger partial charge in [0.1, 0.15) is 17.3 Å². The maximum Gasteiger partial charge on any atom is 0.260 e.